The number of hydrogen-bond acceptors (Lipinski definition) is 2. The maximum Gasteiger partial charge on any atom is 0.303 e. The van der Waals surface area contributed by atoms with E-state index in [2.05, 4.69) is 11.9 Å². The van der Waals surface area contributed by atoms with Gasteiger partial charge in [0.05, 0.1) is 10.0 Å². The monoisotopic (exact) mass is 329 g/mol. The zero-order valence-corrected chi connectivity index (χ0v) is 13.6. The Morgan fingerprint density at radius 3 is 2.71 bits per heavy atom. The second kappa shape index (κ2) is 9.08. The molecular formula is C16H21Cl2NO2. The molecule has 0 spiro atoms. The number of halogens is 2. The second-order valence-corrected chi connectivity index (χ2v) is 5.95. The molecule has 0 aliphatic carbocycles. The van der Waals surface area contributed by atoms with E-state index < -0.39 is 5.97 Å². The lowest BCUT2D eigenvalue weighted by Crippen LogP contribution is -2.30. The van der Waals surface area contributed by atoms with Gasteiger partial charge in [-0.15, -0.1) is 6.58 Å². The van der Waals surface area contributed by atoms with Crippen molar-refractivity contribution in [3.8, 4) is 0 Å². The molecule has 3 nitrogen and oxygen atoms in total. The third-order valence-corrected chi connectivity index (χ3v) is 4.11. The van der Waals surface area contributed by atoms with Gasteiger partial charge in [0.25, 0.3) is 0 Å². The number of nitrogens with one attached hydrogen (secondary N) is 1. The van der Waals surface area contributed by atoms with Gasteiger partial charge in [0.15, 0.2) is 0 Å². The number of carbonyl (C=O) groups is 1. The summed E-state index contributed by atoms with van der Waals surface area (Å²) in [7, 11) is 0. The predicted octanol–water partition coefficient (Wildman–Crippen LogP) is 4.50. The number of aliphatic carboxylic acids is 1. The largest absolute Gasteiger partial charge is 0.481 e. The van der Waals surface area contributed by atoms with Crippen molar-refractivity contribution in [2.24, 2.45) is 0 Å². The van der Waals surface area contributed by atoms with Crippen LogP contribution in [-0.4, -0.2) is 23.7 Å². The fourth-order valence-electron chi connectivity index (χ4n) is 2.09. The summed E-state index contributed by atoms with van der Waals surface area (Å²) in [5.74, 6) is -0.527. The van der Waals surface area contributed by atoms with Crippen LogP contribution in [0, 0.1) is 0 Å². The number of carboxylic acid groups (broad SMARTS) is 1. The number of allylic oxidation sites excluding steroid dienone is 1. The molecule has 0 radical (unpaired) electrons. The summed E-state index contributed by atoms with van der Waals surface area (Å²) in [6.45, 7) is 6.52. The topological polar surface area (TPSA) is 49.3 Å². The highest BCUT2D eigenvalue weighted by atomic mass is 35.5. The molecule has 0 fully saturated rings. The SMILES string of the molecule is C=CCC(CNC(C)CCC(=O)O)c1ccc(Cl)c(Cl)c1. The van der Waals surface area contributed by atoms with Crippen molar-refractivity contribution in [3.05, 3.63) is 46.5 Å². The van der Waals surface area contributed by atoms with E-state index in [4.69, 9.17) is 28.3 Å². The van der Waals surface area contributed by atoms with Crippen molar-refractivity contribution in [3.63, 3.8) is 0 Å². The van der Waals surface area contributed by atoms with Gasteiger partial charge in [-0.3, -0.25) is 4.79 Å². The van der Waals surface area contributed by atoms with Crippen molar-refractivity contribution in [1.29, 1.82) is 0 Å². The lowest BCUT2D eigenvalue weighted by Gasteiger charge is -2.20. The molecule has 116 valence electrons. The molecule has 21 heavy (non-hydrogen) atoms. The fourth-order valence-corrected chi connectivity index (χ4v) is 2.40. The molecule has 2 atom stereocenters. The van der Waals surface area contributed by atoms with Gasteiger partial charge in [-0.2, -0.15) is 0 Å². The molecule has 0 aromatic heterocycles. The van der Waals surface area contributed by atoms with Crippen LogP contribution in [0.5, 0.6) is 0 Å². The summed E-state index contributed by atoms with van der Waals surface area (Å²) >= 11 is 12.0. The van der Waals surface area contributed by atoms with E-state index in [1.807, 2.05) is 25.1 Å². The van der Waals surface area contributed by atoms with Crippen LogP contribution in [0.3, 0.4) is 0 Å². The van der Waals surface area contributed by atoms with E-state index in [1.54, 1.807) is 6.07 Å². The van der Waals surface area contributed by atoms with Crippen LogP contribution in [0.2, 0.25) is 10.0 Å². The Morgan fingerprint density at radius 2 is 2.14 bits per heavy atom. The van der Waals surface area contributed by atoms with Gasteiger partial charge in [0, 0.05) is 19.0 Å². The quantitative estimate of drug-likeness (QED) is 0.656. The van der Waals surface area contributed by atoms with Crippen LogP contribution in [0.1, 0.15) is 37.7 Å². The van der Waals surface area contributed by atoms with Crippen molar-refractivity contribution < 1.29 is 9.90 Å². The Labute approximate surface area is 136 Å². The summed E-state index contributed by atoms with van der Waals surface area (Å²) in [5.41, 5.74) is 1.10. The maximum absolute atomic E-state index is 10.6. The molecular weight excluding hydrogens is 309 g/mol. The van der Waals surface area contributed by atoms with Gasteiger partial charge >= 0.3 is 5.97 Å². The average Bonchev–Trinajstić information content (AvgIpc) is 2.44. The van der Waals surface area contributed by atoms with Gasteiger partial charge in [-0.05, 0) is 43.4 Å². The minimum absolute atomic E-state index is 0.149. The standard InChI is InChI=1S/C16H21Cl2NO2/c1-3-4-13(10-19-11(2)5-8-16(20)21)12-6-7-14(17)15(18)9-12/h3,6-7,9,11,13,19H,1,4-5,8,10H2,2H3,(H,20,21). The Balaban J connectivity index is 2.62. The van der Waals surface area contributed by atoms with Crippen LogP contribution in [0.25, 0.3) is 0 Å². The Bertz CT molecular complexity index is 491. The molecule has 1 aromatic rings. The van der Waals surface area contributed by atoms with Crippen molar-refractivity contribution in [1.82, 2.24) is 5.32 Å². The summed E-state index contributed by atoms with van der Waals surface area (Å²) in [6.07, 6.45) is 3.47. The third kappa shape index (κ3) is 6.51. The normalized spacial score (nSPS) is 13.7. The molecule has 2 unspecified atom stereocenters. The number of carboxylic acids is 1. The molecule has 0 saturated carbocycles. The summed E-state index contributed by atoms with van der Waals surface area (Å²) < 4.78 is 0. The Kier molecular flexibility index (Phi) is 7.79. The summed E-state index contributed by atoms with van der Waals surface area (Å²) in [6, 6.07) is 5.78. The first-order valence-corrected chi connectivity index (χ1v) is 7.70. The average molecular weight is 330 g/mol. The van der Waals surface area contributed by atoms with Gasteiger partial charge in [0.2, 0.25) is 0 Å². The lowest BCUT2D eigenvalue weighted by atomic mass is 9.95. The molecule has 0 bridgehead atoms. The van der Waals surface area contributed by atoms with E-state index in [0.717, 1.165) is 18.5 Å². The minimum atomic E-state index is -0.768. The molecule has 0 heterocycles. The predicted molar refractivity (Wildman–Crippen MR) is 88.4 cm³/mol. The van der Waals surface area contributed by atoms with Gasteiger partial charge in [-0.1, -0.05) is 35.3 Å². The first-order valence-electron chi connectivity index (χ1n) is 6.95. The number of benzene rings is 1. The zero-order chi connectivity index (χ0) is 15.8. The first-order chi connectivity index (χ1) is 9.93. The first kappa shape index (κ1) is 18.0. The number of rotatable bonds is 9. The minimum Gasteiger partial charge on any atom is -0.481 e. The van der Waals surface area contributed by atoms with Crippen molar-refractivity contribution >= 4 is 29.2 Å². The van der Waals surface area contributed by atoms with Crippen LogP contribution >= 0.6 is 23.2 Å². The van der Waals surface area contributed by atoms with E-state index in [0.29, 0.717) is 16.5 Å². The van der Waals surface area contributed by atoms with E-state index in [-0.39, 0.29) is 18.4 Å². The highest BCUT2D eigenvalue weighted by Crippen LogP contribution is 2.28. The van der Waals surface area contributed by atoms with E-state index in [1.165, 1.54) is 0 Å². The molecule has 0 aliphatic heterocycles. The van der Waals surface area contributed by atoms with Crippen molar-refractivity contribution in [2.45, 2.75) is 38.1 Å². The van der Waals surface area contributed by atoms with E-state index >= 15 is 0 Å². The molecule has 0 amide bonds. The van der Waals surface area contributed by atoms with Crippen LogP contribution < -0.4 is 5.32 Å². The van der Waals surface area contributed by atoms with Gasteiger partial charge in [-0.25, -0.2) is 0 Å². The van der Waals surface area contributed by atoms with Crippen molar-refractivity contribution in [2.75, 3.05) is 6.54 Å². The third-order valence-electron chi connectivity index (χ3n) is 3.37. The molecule has 0 aliphatic rings. The fraction of sp³-hybridized carbons (Fsp3) is 0.438. The number of hydrogen-bond donors (Lipinski definition) is 2. The zero-order valence-electron chi connectivity index (χ0n) is 12.1. The van der Waals surface area contributed by atoms with E-state index in [9.17, 15) is 4.79 Å². The highest BCUT2D eigenvalue weighted by Gasteiger charge is 2.13. The summed E-state index contributed by atoms with van der Waals surface area (Å²) in [4.78, 5) is 10.6. The highest BCUT2D eigenvalue weighted by molar-refractivity contribution is 6.42. The van der Waals surface area contributed by atoms with Crippen LogP contribution in [0.15, 0.2) is 30.9 Å². The van der Waals surface area contributed by atoms with Crippen LogP contribution in [0.4, 0.5) is 0 Å². The van der Waals surface area contributed by atoms with Gasteiger partial charge < -0.3 is 10.4 Å². The van der Waals surface area contributed by atoms with Gasteiger partial charge in [0.1, 0.15) is 0 Å². The van der Waals surface area contributed by atoms with Crippen LogP contribution in [-0.2, 0) is 4.79 Å². The molecule has 5 heteroatoms. The molecule has 2 N–H and O–H groups in total. The molecule has 1 aromatic carbocycles. The lowest BCUT2D eigenvalue weighted by molar-refractivity contribution is -0.137. The second-order valence-electron chi connectivity index (χ2n) is 5.14. The summed E-state index contributed by atoms with van der Waals surface area (Å²) in [5, 5.41) is 13.1. The Morgan fingerprint density at radius 1 is 1.43 bits per heavy atom. The smallest absolute Gasteiger partial charge is 0.303 e. The molecule has 1 rings (SSSR count). The maximum atomic E-state index is 10.6. The Hall–Kier alpha value is -1.03. The molecule has 0 saturated heterocycles.